The summed E-state index contributed by atoms with van der Waals surface area (Å²) < 4.78 is 1.98. The first kappa shape index (κ1) is 13.5. The lowest BCUT2D eigenvalue weighted by molar-refractivity contribution is 0.265. The second-order valence-electron chi connectivity index (χ2n) is 5.29. The minimum Gasteiger partial charge on any atom is -0.381 e. The number of hydrogen-bond acceptors (Lipinski definition) is 4. The van der Waals surface area contributed by atoms with Crippen molar-refractivity contribution < 1.29 is 0 Å². The lowest BCUT2D eigenvalue weighted by Crippen LogP contribution is -2.52. The molecule has 100 valence electrons. The van der Waals surface area contributed by atoms with Crippen LogP contribution in [0.4, 0.5) is 5.69 Å². The van der Waals surface area contributed by atoms with Crippen LogP contribution in [0, 0.1) is 0 Å². The Hall–Kier alpha value is -0.880. The van der Waals surface area contributed by atoms with Gasteiger partial charge in [0.1, 0.15) is 4.47 Å². The van der Waals surface area contributed by atoms with Gasteiger partial charge in [0, 0.05) is 12.1 Å². The Morgan fingerprint density at radius 1 is 1.61 bits per heavy atom. The number of anilines is 1. The largest absolute Gasteiger partial charge is 0.381 e. The van der Waals surface area contributed by atoms with Crippen LogP contribution < -0.4 is 16.6 Å². The van der Waals surface area contributed by atoms with E-state index in [9.17, 15) is 4.79 Å². The Morgan fingerprint density at radius 3 is 2.78 bits per heavy atom. The fourth-order valence-corrected chi connectivity index (χ4v) is 2.44. The molecule has 1 heterocycles. The molecular formula is C12H19BrN4O. The third-order valence-electron chi connectivity index (χ3n) is 3.41. The summed E-state index contributed by atoms with van der Waals surface area (Å²) in [6, 6.07) is 0.0512. The molecule has 0 amide bonds. The summed E-state index contributed by atoms with van der Waals surface area (Å²) >= 11 is 3.33. The molecule has 5 nitrogen and oxygen atoms in total. The van der Waals surface area contributed by atoms with Crippen LogP contribution in [0.1, 0.15) is 39.2 Å². The molecule has 6 heteroatoms. The van der Waals surface area contributed by atoms with Gasteiger partial charge < -0.3 is 11.1 Å². The average Bonchev–Trinajstić information content (AvgIpc) is 2.28. The summed E-state index contributed by atoms with van der Waals surface area (Å²) in [6.45, 7) is 4.53. The quantitative estimate of drug-likeness (QED) is 0.890. The molecule has 1 aliphatic rings. The average molecular weight is 315 g/mol. The van der Waals surface area contributed by atoms with Crippen molar-refractivity contribution in [1.29, 1.82) is 0 Å². The Kier molecular flexibility index (Phi) is 3.77. The van der Waals surface area contributed by atoms with Crippen molar-refractivity contribution in [3.05, 3.63) is 21.0 Å². The van der Waals surface area contributed by atoms with Crippen LogP contribution >= 0.6 is 15.9 Å². The third kappa shape index (κ3) is 2.59. The number of rotatable bonds is 4. The summed E-state index contributed by atoms with van der Waals surface area (Å²) in [5, 5.41) is 7.37. The smallest absolute Gasteiger partial charge is 0.283 e. The van der Waals surface area contributed by atoms with Gasteiger partial charge in [0.15, 0.2) is 0 Å². The summed E-state index contributed by atoms with van der Waals surface area (Å²) in [7, 11) is 0. The number of aromatic nitrogens is 2. The highest BCUT2D eigenvalue weighted by Gasteiger charge is 2.32. The maximum atomic E-state index is 12.0. The molecule has 1 fully saturated rings. The van der Waals surface area contributed by atoms with Crippen LogP contribution in [0.2, 0.25) is 0 Å². The maximum absolute atomic E-state index is 12.0. The molecule has 0 unspecified atom stereocenters. The minimum absolute atomic E-state index is 0.0512. The first-order chi connectivity index (χ1) is 8.43. The van der Waals surface area contributed by atoms with E-state index in [4.69, 9.17) is 5.73 Å². The molecule has 1 aromatic rings. The Balaban J connectivity index is 2.14. The van der Waals surface area contributed by atoms with E-state index >= 15 is 0 Å². The summed E-state index contributed by atoms with van der Waals surface area (Å²) in [5.41, 5.74) is 6.62. The molecule has 2 rings (SSSR count). The van der Waals surface area contributed by atoms with Crippen molar-refractivity contribution in [2.75, 3.05) is 11.9 Å². The third-order valence-corrected chi connectivity index (χ3v) is 4.18. The van der Waals surface area contributed by atoms with Crippen molar-refractivity contribution in [3.8, 4) is 0 Å². The van der Waals surface area contributed by atoms with E-state index in [1.165, 1.54) is 11.1 Å². The first-order valence-electron chi connectivity index (χ1n) is 6.23. The zero-order valence-corrected chi connectivity index (χ0v) is 12.3. The topological polar surface area (TPSA) is 72.9 Å². The standard InChI is InChI=1S/C12H19BrN4O/c1-8(2)17-11(18)10(13)9(6-16-17)15-7-12(14)4-3-5-12/h6,8,15H,3-5,7,14H2,1-2H3. The van der Waals surface area contributed by atoms with Crippen molar-refractivity contribution in [1.82, 2.24) is 9.78 Å². The lowest BCUT2D eigenvalue weighted by atomic mass is 9.78. The Bertz CT molecular complexity index is 493. The molecule has 0 saturated heterocycles. The molecule has 0 atom stereocenters. The molecule has 0 aromatic carbocycles. The van der Waals surface area contributed by atoms with Crippen molar-refractivity contribution in [2.24, 2.45) is 5.73 Å². The van der Waals surface area contributed by atoms with Crippen LogP contribution in [0.5, 0.6) is 0 Å². The fraction of sp³-hybridized carbons (Fsp3) is 0.667. The number of halogens is 1. The second-order valence-corrected chi connectivity index (χ2v) is 6.08. The van der Waals surface area contributed by atoms with E-state index in [0.717, 1.165) is 12.8 Å². The lowest BCUT2D eigenvalue weighted by Gasteiger charge is -2.38. The Labute approximate surface area is 115 Å². The molecule has 1 saturated carbocycles. The molecular weight excluding hydrogens is 296 g/mol. The van der Waals surface area contributed by atoms with Crippen molar-refractivity contribution in [3.63, 3.8) is 0 Å². The van der Waals surface area contributed by atoms with Crippen LogP contribution in [-0.4, -0.2) is 21.9 Å². The zero-order chi connectivity index (χ0) is 13.3. The minimum atomic E-state index is -0.119. The maximum Gasteiger partial charge on any atom is 0.283 e. The SMILES string of the molecule is CC(C)n1ncc(NCC2(N)CCC2)c(Br)c1=O. The molecule has 1 aliphatic carbocycles. The van der Waals surface area contributed by atoms with Gasteiger partial charge in [0.2, 0.25) is 0 Å². The van der Waals surface area contributed by atoms with Crippen LogP contribution in [0.25, 0.3) is 0 Å². The number of nitrogens with two attached hydrogens (primary N) is 1. The molecule has 18 heavy (non-hydrogen) atoms. The van der Waals surface area contributed by atoms with Crippen LogP contribution in [-0.2, 0) is 0 Å². The summed E-state index contributed by atoms with van der Waals surface area (Å²) in [6.07, 6.45) is 4.93. The van der Waals surface area contributed by atoms with E-state index in [2.05, 4.69) is 26.3 Å². The molecule has 3 N–H and O–H groups in total. The van der Waals surface area contributed by atoms with E-state index in [1.54, 1.807) is 6.20 Å². The molecule has 0 aliphatic heterocycles. The highest BCUT2D eigenvalue weighted by atomic mass is 79.9. The second kappa shape index (κ2) is 5.01. The van der Waals surface area contributed by atoms with E-state index in [1.807, 2.05) is 13.8 Å². The van der Waals surface area contributed by atoms with Gasteiger partial charge in [-0.05, 0) is 49.0 Å². The highest BCUT2D eigenvalue weighted by molar-refractivity contribution is 9.10. The molecule has 0 spiro atoms. The van der Waals surface area contributed by atoms with E-state index in [0.29, 0.717) is 16.7 Å². The summed E-state index contributed by atoms with van der Waals surface area (Å²) in [5.74, 6) is 0. The first-order valence-corrected chi connectivity index (χ1v) is 7.02. The van der Waals surface area contributed by atoms with Gasteiger partial charge in [0.25, 0.3) is 5.56 Å². The summed E-state index contributed by atoms with van der Waals surface area (Å²) in [4.78, 5) is 12.0. The normalized spacial score (nSPS) is 17.6. The van der Waals surface area contributed by atoms with Crippen molar-refractivity contribution in [2.45, 2.75) is 44.7 Å². The fourth-order valence-electron chi connectivity index (χ4n) is 2.01. The van der Waals surface area contributed by atoms with Crippen molar-refractivity contribution >= 4 is 21.6 Å². The predicted octanol–water partition coefficient (Wildman–Crippen LogP) is 1.88. The van der Waals surface area contributed by atoms with E-state index in [-0.39, 0.29) is 17.1 Å². The van der Waals surface area contributed by atoms with Gasteiger partial charge in [-0.1, -0.05) is 0 Å². The van der Waals surface area contributed by atoms with E-state index < -0.39 is 0 Å². The molecule has 1 aromatic heterocycles. The van der Waals surface area contributed by atoms with Gasteiger partial charge in [-0.15, -0.1) is 0 Å². The van der Waals surface area contributed by atoms with Gasteiger partial charge in [-0.25, -0.2) is 4.68 Å². The highest BCUT2D eigenvalue weighted by Crippen LogP contribution is 2.29. The Morgan fingerprint density at radius 2 is 2.28 bits per heavy atom. The van der Waals surface area contributed by atoms with Gasteiger partial charge in [-0.3, -0.25) is 4.79 Å². The molecule has 0 radical (unpaired) electrons. The number of nitrogens with zero attached hydrogens (tertiary/aromatic N) is 2. The van der Waals surface area contributed by atoms with Gasteiger partial charge >= 0.3 is 0 Å². The van der Waals surface area contributed by atoms with Gasteiger partial charge in [0.05, 0.1) is 17.9 Å². The number of nitrogens with one attached hydrogen (secondary N) is 1. The predicted molar refractivity (Wildman–Crippen MR) is 75.8 cm³/mol. The van der Waals surface area contributed by atoms with Gasteiger partial charge in [-0.2, -0.15) is 5.10 Å². The number of hydrogen-bond donors (Lipinski definition) is 2. The van der Waals surface area contributed by atoms with Crippen LogP contribution in [0.15, 0.2) is 15.5 Å². The monoisotopic (exact) mass is 314 g/mol. The molecule has 0 bridgehead atoms. The van der Waals surface area contributed by atoms with Crippen LogP contribution in [0.3, 0.4) is 0 Å². The zero-order valence-electron chi connectivity index (χ0n) is 10.7.